The molecule has 84 valence electrons. The van der Waals surface area contributed by atoms with Crippen molar-refractivity contribution in [1.29, 1.82) is 0 Å². The van der Waals surface area contributed by atoms with E-state index in [0.29, 0.717) is 0 Å². The molecule has 1 nitrogen and oxygen atoms in total. The van der Waals surface area contributed by atoms with Gasteiger partial charge in [0.25, 0.3) is 0 Å². The molecule has 0 aliphatic heterocycles. The molecular formula is C13H20BrN. The van der Waals surface area contributed by atoms with Crippen molar-refractivity contribution in [3.05, 3.63) is 34.3 Å². The van der Waals surface area contributed by atoms with Crippen molar-refractivity contribution in [3.8, 4) is 0 Å². The highest BCUT2D eigenvalue weighted by atomic mass is 79.9. The summed E-state index contributed by atoms with van der Waals surface area (Å²) in [4.78, 5) is 0. The maximum Gasteiger partial charge on any atom is 0.0210 e. The van der Waals surface area contributed by atoms with Crippen molar-refractivity contribution in [2.24, 2.45) is 0 Å². The Balaban J connectivity index is 2.56. The molecule has 1 rings (SSSR count). The Morgan fingerprint density at radius 2 is 1.93 bits per heavy atom. The molecule has 0 unspecified atom stereocenters. The minimum absolute atomic E-state index is 0.266. The van der Waals surface area contributed by atoms with Crippen molar-refractivity contribution < 1.29 is 0 Å². The molecule has 0 heterocycles. The zero-order valence-electron chi connectivity index (χ0n) is 9.81. The zero-order chi connectivity index (χ0) is 11.3. The summed E-state index contributed by atoms with van der Waals surface area (Å²) in [7, 11) is 0. The third-order valence-electron chi connectivity index (χ3n) is 3.17. The summed E-state index contributed by atoms with van der Waals surface area (Å²) in [5, 5.41) is 3.62. The lowest BCUT2D eigenvalue weighted by Gasteiger charge is -2.28. The summed E-state index contributed by atoms with van der Waals surface area (Å²) in [6, 6.07) is 8.46. The molecule has 0 aliphatic carbocycles. The van der Waals surface area contributed by atoms with Gasteiger partial charge in [0.05, 0.1) is 0 Å². The normalized spacial score (nSPS) is 11.7. The van der Waals surface area contributed by atoms with Crippen LogP contribution in [0.2, 0.25) is 0 Å². The van der Waals surface area contributed by atoms with Crippen LogP contribution in [0, 0.1) is 0 Å². The molecule has 2 heteroatoms. The molecule has 0 atom stereocenters. The van der Waals surface area contributed by atoms with Gasteiger partial charge < -0.3 is 5.32 Å². The van der Waals surface area contributed by atoms with E-state index >= 15 is 0 Å². The summed E-state index contributed by atoms with van der Waals surface area (Å²) in [6.45, 7) is 7.69. The van der Waals surface area contributed by atoms with Gasteiger partial charge in [-0.25, -0.2) is 0 Å². The predicted molar refractivity (Wildman–Crippen MR) is 70.0 cm³/mol. The molecule has 15 heavy (non-hydrogen) atoms. The molecule has 0 radical (unpaired) electrons. The Labute approximate surface area is 101 Å². The molecule has 0 saturated carbocycles. The molecule has 0 spiro atoms. The molecule has 1 N–H and O–H groups in total. The fourth-order valence-corrected chi connectivity index (χ4v) is 1.91. The quantitative estimate of drug-likeness (QED) is 0.848. The number of nitrogens with one attached hydrogen (secondary N) is 1. The third-order valence-corrected chi connectivity index (χ3v) is 3.66. The van der Waals surface area contributed by atoms with Crippen molar-refractivity contribution in [2.45, 2.75) is 45.7 Å². The average Bonchev–Trinajstić information content (AvgIpc) is 2.26. The molecule has 0 aliphatic rings. The van der Waals surface area contributed by atoms with E-state index in [1.807, 2.05) is 0 Å². The van der Waals surface area contributed by atoms with Crippen LogP contribution in [0.5, 0.6) is 0 Å². The lowest BCUT2D eigenvalue weighted by Crippen LogP contribution is -2.40. The summed E-state index contributed by atoms with van der Waals surface area (Å²) in [5.41, 5.74) is 1.60. The maximum absolute atomic E-state index is 3.62. The molecule has 0 bridgehead atoms. The van der Waals surface area contributed by atoms with E-state index in [-0.39, 0.29) is 5.54 Å². The second kappa shape index (κ2) is 5.66. The number of rotatable bonds is 5. The van der Waals surface area contributed by atoms with Crippen LogP contribution in [0.1, 0.15) is 39.2 Å². The molecule has 0 amide bonds. The van der Waals surface area contributed by atoms with Gasteiger partial charge in [0, 0.05) is 16.6 Å². The van der Waals surface area contributed by atoms with E-state index < -0.39 is 0 Å². The minimum atomic E-state index is 0.266. The van der Waals surface area contributed by atoms with E-state index in [4.69, 9.17) is 0 Å². The highest BCUT2D eigenvalue weighted by Gasteiger charge is 2.17. The average molecular weight is 270 g/mol. The molecule has 1 aromatic carbocycles. The molecule has 0 saturated heterocycles. The second-order valence-electron chi connectivity index (χ2n) is 4.25. The Hall–Kier alpha value is -0.340. The Bertz CT molecular complexity index is 305. The fraction of sp³-hybridized carbons (Fsp3) is 0.538. The van der Waals surface area contributed by atoms with Crippen LogP contribution in [-0.4, -0.2) is 5.54 Å². The molecule has 0 fully saturated rings. The summed E-state index contributed by atoms with van der Waals surface area (Å²) >= 11 is 3.49. The summed E-state index contributed by atoms with van der Waals surface area (Å²) in [6.07, 6.45) is 2.33. The van der Waals surface area contributed by atoms with Gasteiger partial charge >= 0.3 is 0 Å². The molecule has 0 aromatic heterocycles. The van der Waals surface area contributed by atoms with Gasteiger partial charge in [-0.2, -0.15) is 0 Å². The van der Waals surface area contributed by atoms with Gasteiger partial charge in [0.2, 0.25) is 0 Å². The van der Waals surface area contributed by atoms with E-state index in [1.54, 1.807) is 0 Å². The lowest BCUT2D eigenvalue weighted by molar-refractivity contribution is 0.329. The summed E-state index contributed by atoms with van der Waals surface area (Å²) in [5.74, 6) is 0. The Morgan fingerprint density at radius 1 is 1.27 bits per heavy atom. The Morgan fingerprint density at radius 3 is 2.47 bits per heavy atom. The topological polar surface area (TPSA) is 12.0 Å². The van der Waals surface area contributed by atoms with Gasteiger partial charge in [-0.1, -0.05) is 41.9 Å². The molecule has 1 aromatic rings. The zero-order valence-corrected chi connectivity index (χ0v) is 11.4. The van der Waals surface area contributed by atoms with Crippen LogP contribution < -0.4 is 5.32 Å². The maximum atomic E-state index is 3.62. The van der Waals surface area contributed by atoms with Crippen LogP contribution in [0.15, 0.2) is 28.7 Å². The van der Waals surface area contributed by atoms with Crippen molar-refractivity contribution >= 4 is 15.9 Å². The second-order valence-corrected chi connectivity index (χ2v) is 5.17. The SMILES string of the molecule is CCC(C)(CC)NCc1cccc(Br)c1. The monoisotopic (exact) mass is 269 g/mol. The van der Waals surface area contributed by atoms with Gasteiger partial charge in [0.1, 0.15) is 0 Å². The first-order valence-electron chi connectivity index (χ1n) is 5.59. The van der Waals surface area contributed by atoms with Crippen molar-refractivity contribution in [3.63, 3.8) is 0 Å². The number of hydrogen-bond acceptors (Lipinski definition) is 1. The van der Waals surface area contributed by atoms with Crippen molar-refractivity contribution in [1.82, 2.24) is 5.32 Å². The van der Waals surface area contributed by atoms with E-state index in [2.05, 4.69) is 66.3 Å². The summed E-state index contributed by atoms with van der Waals surface area (Å²) < 4.78 is 1.15. The number of benzene rings is 1. The lowest BCUT2D eigenvalue weighted by atomic mass is 9.95. The highest BCUT2D eigenvalue weighted by Crippen LogP contribution is 2.16. The first-order chi connectivity index (χ1) is 7.09. The number of hydrogen-bond donors (Lipinski definition) is 1. The number of halogens is 1. The van der Waals surface area contributed by atoms with Crippen LogP contribution in [0.25, 0.3) is 0 Å². The largest absolute Gasteiger partial charge is 0.307 e. The van der Waals surface area contributed by atoms with Crippen LogP contribution in [0.4, 0.5) is 0 Å². The first-order valence-corrected chi connectivity index (χ1v) is 6.38. The first kappa shape index (κ1) is 12.7. The van der Waals surface area contributed by atoms with Gasteiger partial charge in [-0.15, -0.1) is 0 Å². The molecular weight excluding hydrogens is 250 g/mol. The van der Waals surface area contributed by atoms with E-state index in [0.717, 1.165) is 23.9 Å². The van der Waals surface area contributed by atoms with E-state index in [9.17, 15) is 0 Å². The highest BCUT2D eigenvalue weighted by molar-refractivity contribution is 9.10. The van der Waals surface area contributed by atoms with Gasteiger partial charge in [-0.3, -0.25) is 0 Å². The third kappa shape index (κ3) is 3.96. The van der Waals surface area contributed by atoms with Crippen LogP contribution in [-0.2, 0) is 6.54 Å². The minimum Gasteiger partial charge on any atom is -0.307 e. The Kier molecular flexibility index (Phi) is 4.81. The van der Waals surface area contributed by atoms with Gasteiger partial charge in [-0.05, 0) is 37.5 Å². The van der Waals surface area contributed by atoms with E-state index in [1.165, 1.54) is 5.56 Å². The van der Waals surface area contributed by atoms with Crippen molar-refractivity contribution in [2.75, 3.05) is 0 Å². The van der Waals surface area contributed by atoms with Crippen LogP contribution >= 0.6 is 15.9 Å². The standard InChI is InChI=1S/C13H20BrN/c1-4-13(3,5-2)15-10-11-7-6-8-12(14)9-11/h6-9,15H,4-5,10H2,1-3H3. The fourth-order valence-electron chi connectivity index (χ4n) is 1.46. The van der Waals surface area contributed by atoms with Crippen LogP contribution in [0.3, 0.4) is 0 Å². The van der Waals surface area contributed by atoms with Gasteiger partial charge in [0.15, 0.2) is 0 Å². The predicted octanol–water partition coefficient (Wildman–Crippen LogP) is 4.12. The smallest absolute Gasteiger partial charge is 0.0210 e.